The molecule has 1 aliphatic heterocycles. The summed E-state index contributed by atoms with van der Waals surface area (Å²) in [6.07, 6.45) is 13.0. The van der Waals surface area contributed by atoms with E-state index in [2.05, 4.69) is 21.7 Å². The van der Waals surface area contributed by atoms with Crippen LogP contribution in [0.15, 0.2) is 18.3 Å². The number of nitrogens with one attached hydrogen (secondary N) is 2. The van der Waals surface area contributed by atoms with Gasteiger partial charge in [-0.1, -0.05) is 19.3 Å². The number of nitriles is 1. The molecule has 192 valence electrons. The van der Waals surface area contributed by atoms with Crippen LogP contribution in [0.5, 0.6) is 0 Å². The van der Waals surface area contributed by atoms with Gasteiger partial charge in [-0.25, -0.2) is 9.78 Å². The largest absolute Gasteiger partial charge is 0.446 e. The standard InChI is InChI=1S/C28H37N5O3/c29-15-18-6-7-24(30-16-18)31-23-8-9-33(17-23)27(35)36-25-20-10-19-11-21(25)14-28(12-19,13-20)26(34)32-22-4-2-1-3-5-22/h6-7,16,19-23,25H,1-5,8-14,17H2,(H,30,31)(H,32,34)/t19?,20-,21-,23?,25?,28?/m1/s1. The average molecular weight is 492 g/mol. The van der Waals surface area contributed by atoms with Gasteiger partial charge in [-0.3, -0.25) is 4.79 Å². The first-order valence-corrected chi connectivity index (χ1v) is 13.9. The lowest BCUT2D eigenvalue weighted by atomic mass is 9.48. The van der Waals surface area contributed by atoms with Crippen molar-refractivity contribution in [2.75, 3.05) is 18.4 Å². The van der Waals surface area contributed by atoms with Crippen molar-refractivity contribution in [3.05, 3.63) is 23.9 Å². The molecule has 0 aromatic carbocycles. The van der Waals surface area contributed by atoms with E-state index < -0.39 is 0 Å². The van der Waals surface area contributed by atoms with Gasteiger partial charge in [-0.15, -0.1) is 0 Å². The van der Waals surface area contributed by atoms with Gasteiger partial charge in [0.25, 0.3) is 0 Å². The first-order valence-electron chi connectivity index (χ1n) is 13.9. The fraction of sp³-hybridized carbons (Fsp3) is 0.714. The SMILES string of the molecule is N#Cc1ccc(NC2CCN(C(=O)OC3[C@@H]4CC5C[C@@H]3CC(C(=O)NC3CCCCC3)(C5)C4)C2)nc1. The van der Waals surface area contributed by atoms with Crippen molar-refractivity contribution in [2.24, 2.45) is 23.2 Å². The van der Waals surface area contributed by atoms with Gasteiger partial charge in [0.05, 0.1) is 11.0 Å². The highest BCUT2D eigenvalue weighted by atomic mass is 16.6. The summed E-state index contributed by atoms with van der Waals surface area (Å²) in [6.45, 7) is 1.24. The number of anilines is 1. The first kappa shape index (κ1) is 23.6. The average Bonchev–Trinajstić information content (AvgIpc) is 3.35. The molecule has 3 atom stereocenters. The smallest absolute Gasteiger partial charge is 0.410 e. The number of rotatable bonds is 5. The minimum absolute atomic E-state index is 0.0585. The Kier molecular flexibility index (Phi) is 6.27. The molecule has 1 saturated heterocycles. The van der Waals surface area contributed by atoms with Gasteiger partial charge in [0, 0.05) is 31.4 Å². The van der Waals surface area contributed by atoms with E-state index in [1.54, 1.807) is 23.2 Å². The molecular weight excluding hydrogens is 454 g/mol. The normalized spacial score (nSPS) is 35.3. The van der Waals surface area contributed by atoms with Crippen molar-refractivity contribution in [3.8, 4) is 6.07 Å². The lowest BCUT2D eigenvalue weighted by molar-refractivity contribution is -0.165. The second-order valence-corrected chi connectivity index (χ2v) is 12.0. The number of carbonyl (C=O) groups excluding carboxylic acids is 2. The number of nitrogens with zero attached hydrogens (tertiary/aromatic N) is 3. The van der Waals surface area contributed by atoms with Crippen LogP contribution in [-0.2, 0) is 9.53 Å². The summed E-state index contributed by atoms with van der Waals surface area (Å²) in [5.74, 6) is 2.19. The Morgan fingerprint density at radius 2 is 1.83 bits per heavy atom. The Labute approximate surface area is 213 Å². The number of hydrogen-bond donors (Lipinski definition) is 2. The van der Waals surface area contributed by atoms with Crippen LogP contribution >= 0.6 is 0 Å². The van der Waals surface area contributed by atoms with Gasteiger partial charge in [-0.2, -0.15) is 5.26 Å². The first-order chi connectivity index (χ1) is 17.5. The third-order valence-electron chi connectivity index (χ3n) is 9.54. The molecular formula is C28H37N5O3. The van der Waals surface area contributed by atoms with E-state index >= 15 is 0 Å². The van der Waals surface area contributed by atoms with Crippen molar-refractivity contribution in [1.29, 1.82) is 5.26 Å². The molecule has 1 aromatic heterocycles. The van der Waals surface area contributed by atoms with Crippen LogP contribution in [0.25, 0.3) is 0 Å². The molecule has 0 radical (unpaired) electrons. The van der Waals surface area contributed by atoms with Gasteiger partial charge < -0.3 is 20.3 Å². The number of pyridine rings is 1. The maximum Gasteiger partial charge on any atom is 0.410 e. The summed E-state index contributed by atoms with van der Waals surface area (Å²) in [6, 6.07) is 6.08. The Morgan fingerprint density at radius 1 is 1.06 bits per heavy atom. The zero-order valence-electron chi connectivity index (χ0n) is 21.0. The molecule has 0 spiro atoms. The maximum atomic E-state index is 13.5. The van der Waals surface area contributed by atoms with E-state index in [0.29, 0.717) is 48.3 Å². The molecule has 7 rings (SSSR count). The van der Waals surface area contributed by atoms with Crippen LogP contribution in [0.2, 0.25) is 0 Å². The Bertz CT molecular complexity index is 1010. The summed E-state index contributed by atoms with van der Waals surface area (Å²) in [5.41, 5.74) is 0.286. The maximum absolute atomic E-state index is 13.5. The molecule has 4 bridgehead atoms. The second-order valence-electron chi connectivity index (χ2n) is 12.0. The topological polar surface area (TPSA) is 107 Å². The fourth-order valence-electron chi connectivity index (χ4n) is 8.02. The molecule has 1 aromatic rings. The molecule has 8 heteroatoms. The number of carbonyl (C=O) groups is 2. The van der Waals surface area contributed by atoms with Crippen LogP contribution in [0.3, 0.4) is 0 Å². The van der Waals surface area contributed by atoms with Crippen molar-refractivity contribution in [3.63, 3.8) is 0 Å². The van der Waals surface area contributed by atoms with Crippen molar-refractivity contribution in [1.82, 2.24) is 15.2 Å². The fourth-order valence-corrected chi connectivity index (χ4v) is 8.02. The quantitative estimate of drug-likeness (QED) is 0.639. The molecule has 5 aliphatic carbocycles. The summed E-state index contributed by atoms with van der Waals surface area (Å²) in [7, 11) is 0. The van der Waals surface area contributed by atoms with E-state index in [1.165, 1.54) is 19.3 Å². The van der Waals surface area contributed by atoms with Gasteiger partial charge in [0.15, 0.2) is 0 Å². The van der Waals surface area contributed by atoms with E-state index in [-0.39, 0.29) is 29.6 Å². The highest BCUT2D eigenvalue weighted by Gasteiger charge is 2.59. The third kappa shape index (κ3) is 4.53. The highest BCUT2D eigenvalue weighted by molar-refractivity contribution is 5.83. The summed E-state index contributed by atoms with van der Waals surface area (Å²) >= 11 is 0. The van der Waals surface area contributed by atoms with Gasteiger partial charge >= 0.3 is 6.09 Å². The molecule has 5 saturated carbocycles. The lowest BCUT2D eigenvalue weighted by Crippen LogP contribution is -2.60. The number of hydrogen-bond acceptors (Lipinski definition) is 6. The number of aromatic nitrogens is 1. The predicted octanol–water partition coefficient (Wildman–Crippen LogP) is 4.22. The Morgan fingerprint density at radius 3 is 2.53 bits per heavy atom. The minimum atomic E-state index is -0.242. The lowest BCUT2D eigenvalue weighted by Gasteiger charge is -2.58. The molecule has 2 N–H and O–H groups in total. The molecule has 2 heterocycles. The van der Waals surface area contributed by atoms with Crippen LogP contribution in [0.4, 0.5) is 10.6 Å². The van der Waals surface area contributed by atoms with E-state index in [1.807, 2.05) is 0 Å². The number of ether oxygens (including phenoxy) is 1. The van der Waals surface area contributed by atoms with Gasteiger partial charge in [0.2, 0.25) is 5.91 Å². The molecule has 6 aliphatic rings. The van der Waals surface area contributed by atoms with Gasteiger partial charge in [0.1, 0.15) is 18.0 Å². The Hall–Kier alpha value is -2.82. The zero-order chi connectivity index (χ0) is 24.7. The minimum Gasteiger partial charge on any atom is -0.446 e. The molecule has 2 amide bonds. The van der Waals surface area contributed by atoms with Crippen molar-refractivity contribution in [2.45, 2.75) is 88.8 Å². The molecule has 6 fully saturated rings. The Balaban J connectivity index is 1.04. The van der Waals surface area contributed by atoms with Crippen LogP contribution in [0, 0.1) is 34.5 Å². The van der Waals surface area contributed by atoms with Gasteiger partial charge in [-0.05, 0) is 81.3 Å². The van der Waals surface area contributed by atoms with Crippen molar-refractivity contribution < 1.29 is 14.3 Å². The summed E-state index contributed by atoms with van der Waals surface area (Å²) in [5, 5.41) is 15.7. The van der Waals surface area contributed by atoms with Crippen LogP contribution in [-0.4, -0.2) is 53.2 Å². The molecule has 8 nitrogen and oxygen atoms in total. The predicted molar refractivity (Wildman–Crippen MR) is 134 cm³/mol. The number of amides is 2. The number of likely N-dealkylation sites (tertiary alicyclic amines) is 1. The zero-order valence-corrected chi connectivity index (χ0v) is 21.0. The van der Waals surface area contributed by atoms with Crippen LogP contribution in [0.1, 0.15) is 76.2 Å². The highest BCUT2D eigenvalue weighted by Crippen LogP contribution is 2.61. The van der Waals surface area contributed by atoms with E-state index in [9.17, 15) is 9.59 Å². The molecule has 1 unspecified atom stereocenters. The monoisotopic (exact) mass is 491 g/mol. The summed E-state index contributed by atoms with van der Waals surface area (Å²) in [4.78, 5) is 32.7. The summed E-state index contributed by atoms with van der Waals surface area (Å²) < 4.78 is 6.19. The van der Waals surface area contributed by atoms with Crippen molar-refractivity contribution >= 4 is 17.8 Å². The van der Waals surface area contributed by atoms with Crippen LogP contribution < -0.4 is 10.6 Å². The van der Waals surface area contributed by atoms with E-state index in [4.69, 9.17) is 10.00 Å². The second kappa shape index (κ2) is 9.57. The third-order valence-corrected chi connectivity index (χ3v) is 9.54. The molecule has 36 heavy (non-hydrogen) atoms. The van der Waals surface area contributed by atoms with E-state index in [0.717, 1.165) is 51.4 Å².